The van der Waals surface area contributed by atoms with Gasteiger partial charge in [-0.25, -0.2) is 4.79 Å². The molecule has 5 heteroatoms. The van der Waals surface area contributed by atoms with Gasteiger partial charge in [-0.05, 0) is 25.1 Å². The minimum Gasteiger partial charge on any atom is -0.478 e. The third-order valence-corrected chi connectivity index (χ3v) is 3.90. The first-order valence-electron chi connectivity index (χ1n) is 6.94. The predicted octanol–water partition coefficient (Wildman–Crippen LogP) is 2.82. The van der Waals surface area contributed by atoms with E-state index in [4.69, 9.17) is 5.73 Å². The first-order valence-corrected chi connectivity index (χ1v) is 6.94. The van der Waals surface area contributed by atoms with Crippen molar-refractivity contribution in [2.45, 2.75) is 6.92 Å². The highest BCUT2D eigenvalue weighted by Gasteiger charge is 2.32. The van der Waals surface area contributed by atoms with E-state index in [1.165, 1.54) is 25.1 Å². The highest BCUT2D eigenvalue weighted by molar-refractivity contribution is 6.41. The van der Waals surface area contributed by atoms with Crippen molar-refractivity contribution < 1.29 is 19.5 Å². The summed E-state index contributed by atoms with van der Waals surface area (Å²) in [6, 6.07) is 10.7. The van der Waals surface area contributed by atoms with Crippen LogP contribution in [-0.2, 0) is 0 Å². The maximum atomic E-state index is 12.8. The average Bonchev–Trinajstić information content (AvgIpc) is 2.53. The fourth-order valence-electron chi connectivity index (χ4n) is 2.78. The van der Waals surface area contributed by atoms with Crippen molar-refractivity contribution in [3.05, 3.63) is 70.3 Å². The molecule has 0 radical (unpaired) electrons. The number of ketones is 2. The van der Waals surface area contributed by atoms with Crippen LogP contribution < -0.4 is 5.73 Å². The van der Waals surface area contributed by atoms with E-state index in [2.05, 4.69) is 0 Å². The number of carboxylic acid groups (broad SMARTS) is 1. The molecule has 0 atom stereocenters. The minimum atomic E-state index is -1.18. The summed E-state index contributed by atoms with van der Waals surface area (Å²) in [7, 11) is 0. The molecule has 0 aromatic heterocycles. The number of hydrogen-bond acceptors (Lipinski definition) is 4. The topological polar surface area (TPSA) is 97.5 Å². The number of allylic oxidation sites excluding steroid dienone is 2. The number of carbonyl (C=O) groups excluding carboxylic acids is 2. The summed E-state index contributed by atoms with van der Waals surface area (Å²) in [6.45, 7) is 1.53. The molecule has 23 heavy (non-hydrogen) atoms. The molecule has 0 aliphatic heterocycles. The zero-order valence-electron chi connectivity index (χ0n) is 12.3. The SMILES string of the molecule is CC1=C(c2cc(N)ccc2C(=O)O)C(=O)c2ccccc2C1=O. The molecule has 0 amide bonds. The van der Waals surface area contributed by atoms with Gasteiger partial charge in [-0.1, -0.05) is 24.3 Å². The molecule has 3 N–H and O–H groups in total. The third-order valence-electron chi connectivity index (χ3n) is 3.90. The Balaban J connectivity index is 2.31. The van der Waals surface area contributed by atoms with Gasteiger partial charge in [0.25, 0.3) is 0 Å². The molecule has 3 rings (SSSR count). The molecule has 0 spiro atoms. The van der Waals surface area contributed by atoms with Crippen LogP contribution in [-0.4, -0.2) is 22.6 Å². The van der Waals surface area contributed by atoms with Crippen LogP contribution >= 0.6 is 0 Å². The molecule has 114 valence electrons. The van der Waals surface area contributed by atoms with E-state index >= 15 is 0 Å². The van der Waals surface area contributed by atoms with Crippen LogP contribution in [0.25, 0.3) is 5.57 Å². The Bertz CT molecular complexity index is 909. The van der Waals surface area contributed by atoms with Crippen LogP contribution in [0, 0.1) is 0 Å². The first kappa shape index (κ1) is 14.7. The highest BCUT2D eigenvalue weighted by atomic mass is 16.4. The molecular formula is C18H13NO4. The summed E-state index contributed by atoms with van der Waals surface area (Å²) in [6.07, 6.45) is 0. The maximum Gasteiger partial charge on any atom is 0.336 e. The van der Waals surface area contributed by atoms with Gasteiger partial charge in [0.2, 0.25) is 0 Å². The Morgan fingerprint density at radius 2 is 1.57 bits per heavy atom. The van der Waals surface area contributed by atoms with Gasteiger partial charge in [-0.3, -0.25) is 9.59 Å². The van der Waals surface area contributed by atoms with Gasteiger partial charge in [0.15, 0.2) is 11.6 Å². The lowest BCUT2D eigenvalue weighted by molar-refractivity contribution is 0.0696. The Labute approximate surface area is 132 Å². The normalized spacial score (nSPS) is 14.0. The summed E-state index contributed by atoms with van der Waals surface area (Å²) < 4.78 is 0. The number of hydrogen-bond donors (Lipinski definition) is 2. The lowest BCUT2D eigenvalue weighted by atomic mass is 9.80. The quantitative estimate of drug-likeness (QED) is 0.831. The smallest absolute Gasteiger partial charge is 0.336 e. The number of carboxylic acids is 1. The fraction of sp³-hybridized carbons (Fsp3) is 0.0556. The van der Waals surface area contributed by atoms with E-state index < -0.39 is 5.97 Å². The van der Waals surface area contributed by atoms with Crippen molar-refractivity contribution in [1.82, 2.24) is 0 Å². The second-order valence-electron chi connectivity index (χ2n) is 5.31. The van der Waals surface area contributed by atoms with Crippen LogP contribution in [0.15, 0.2) is 48.0 Å². The number of aromatic carboxylic acids is 1. The minimum absolute atomic E-state index is 0.0610. The van der Waals surface area contributed by atoms with E-state index in [-0.39, 0.29) is 39.4 Å². The predicted molar refractivity (Wildman–Crippen MR) is 85.5 cm³/mol. The maximum absolute atomic E-state index is 12.8. The van der Waals surface area contributed by atoms with Crippen LogP contribution in [0.2, 0.25) is 0 Å². The van der Waals surface area contributed by atoms with Crippen LogP contribution in [0.4, 0.5) is 5.69 Å². The lowest BCUT2D eigenvalue weighted by Crippen LogP contribution is -2.21. The van der Waals surface area contributed by atoms with E-state index in [9.17, 15) is 19.5 Å². The van der Waals surface area contributed by atoms with Crippen molar-refractivity contribution in [2.75, 3.05) is 5.73 Å². The molecule has 0 saturated heterocycles. The highest BCUT2D eigenvalue weighted by Crippen LogP contribution is 2.34. The number of nitrogen functional groups attached to an aromatic ring is 1. The van der Waals surface area contributed by atoms with Gasteiger partial charge in [0.05, 0.1) is 5.56 Å². The van der Waals surface area contributed by atoms with E-state index in [0.29, 0.717) is 11.3 Å². The molecule has 0 fully saturated rings. The Morgan fingerprint density at radius 3 is 2.17 bits per heavy atom. The summed E-state index contributed by atoms with van der Waals surface area (Å²) in [4.78, 5) is 36.8. The van der Waals surface area contributed by atoms with E-state index in [1.807, 2.05) is 0 Å². The fourth-order valence-corrected chi connectivity index (χ4v) is 2.78. The molecule has 2 aromatic rings. The molecular weight excluding hydrogens is 294 g/mol. The molecule has 0 heterocycles. The number of nitrogens with two attached hydrogens (primary N) is 1. The monoisotopic (exact) mass is 307 g/mol. The van der Waals surface area contributed by atoms with Gasteiger partial charge in [-0.2, -0.15) is 0 Å². The van der Waals surface area contributed by atoms with Crippen molar-refractivity contribution >= 4 is 28.8 Å². The van der Waals surface area contributed by atoms with Gasteiger partial charge < -0.3 is 10.8 Å². The molecule has 1 aliphatic rings. The zero-order chi connectivity index (χ0) is 16.7. The zero-order valence-corrected chi connectivity index (χ0v) is 12.3. The van der Waals surface area contributed by atoms with Gasteiger partial charge in [0.1, 0.15) is 0 Å². The van der Waals surface area contributed by atoms with Gasteiger partial charge in [-0.15, -0.1) is 0 Å². The van der Waals surface area contributed by atoms with Crippen molar-refractivity contribution in [3.63, 3.8) is 0 Å². The van der Waals surface area contributed by atoms with Crippen LogP contribution in [0.5, 0.6) is 0 Å². The Hall–Kier alpha value is -3.21. The summed E-state index contributed by atoms with van der Waals surface area (Å²) in [5.74, 6) is -1.83. The van der Waals surface area contributed by atoms with Crippen molar-refractivity contribution in [2.24, 2.45) is 0 Å². The molecule has 5 nitrogen and oxygen atoms in total. The number of rotatable bonds is 2. The number of Topliss-reactive ketones (excluding diaryl/α,β-unsaturated/α-hetero) is 2. The summed E-state index contributed by atoms with van der Waals surface area (Å²) in [5, 5.41) is 9.36. The number of anilines is 1. The Morgan fingerprint density at radius 1 is 0.957 bits per heavy atom. The second kappa shape index (κ2) is 5.21. The first-order chi connectivity index (χ1) is 10.9. The van der Waals surface area contributed by atoms with E-state index in [0.717, 1.165) is 0 Å². The van der Waals surface area contributed by atoms with Crippen molar-refractivity contribution in [3.8, 4) is 0 Å². The van der Waals surface area contributed by atoms with E-state index in [1.54, 1.807) is 24.3 Å². The second-order valence-corrected chi connectivity index (χ2v) is 5.31. The van der Waals surface area contributed by atoms with Crippen LogP contribution in [0.1, 0.15) is 43.6 Å². The standard InChI is InChI=1S/C18H13NO4/c1-9-15(14-8-10(19)6-7-13(14)18(22)23)17(21)12-5-3-2-4-11(12)16(9)20/h2-8H,19H2,1H3,(H,22,23). The summed E-state index contributed by atoms with van der Waals surface area (Å²) >= 11 is 0. The largest absolute Gasteiger partial charge is 0.478 e. The average molecular weight is 307 g/mol. The van der Waals surface area contributed by atoms with Crippen molar-refractivity contribution in [1.29, 1.82) is 0 Å². The van der Waals surface area contributed by atoms with Crippen LogP contribution in [0.3, 0.4) is 0 Å². The molecule has 1 aliphatic carbocycles. The number of fused-ring (bicyclic) bond motifs is 1. The molecule has 0 unspecified atom stereocenters. The molecule has 0 saturated carbocycles. The third kappa shape index (κ3) is 2.23. The molecule has 0 bridgehead atoms. The summed E-state index contributed by atoms with van der Waals surface area (Å²) in [5.41, 5.74) is 7.10. The number of benzene rings is 2. The van der Waals surface area contributed by atoms with Gasteiger partial charge >= 0.3 is 5.97 Å². The number of carbonyl (C=O) groups is 3. The lowest BCUT2D eigenvalue weighted by Gasteiger charge is -2.20. The molecule has 2 aromatic carbocycles. The van der Waals surface area contributed by atoms with Gasteiger partial charge in [0, 0.05) is 33.5 Å². The Kier molecular flexibility index (Phi) is 3.33.